The highest BCUT2D eigenvalue weighted by Crippen LogP contribution is 2.15. The number of non-ortho nitro benzene ring substituents is 1. The van der Waals surface area contributed by atoms with Gasteiger partial charge in [0.05, 0.1) is 4.92 Å². The van der Waals surface area contributed by atoms with Gasteiger partial charge in [-0.25, -0.2) is 0 Å². The summed E-state index contributed by atoms with van der Waals surface area (Å²) in [5.74, 6) is -0.0781. The Balaban J connectivity index is 2.42. The van der Waals surface area contributed by atoms with Gasteiger partial charge >= 0.3 is 0 Å². The fourth-order valence-corrected chi connectivity index (χ4v) is 1.45. The molecule has 6 nitrogen and oxygen atoms in total. The van der Waals surface area contributed by atoms with Crippen LogP contribution < -0.4 is 5.32 Å². The topological polar surface area (TPSA) is 75.5 Å². The maximum Gasteiger partial charge on any atom is 0.269 e. The van der Waals surface area contributed by atoms with Crippen LogP contribution in [-0.4, -0.2) is 36.4 Å². The first kappa shape index (κ1) is 14.1. The molecule has 0 spiro atoms. The average Bonchev–Trinajstić information content (AvgIpc) is 2.29. The van der Waals surface area contributed by atoms with Gasteiger partial charge in [-0.05, 0) is 39.2 Å². The van der Waals surface area contributed by atoms with Crippen LogP contribution in [-0.2, 0) is 4.79 Å². The molecule has 0 fully saturated rings. The third-order valence-electron chi connectivity index (χ3n) is 2.37. The van der Waals surface area contributed by atoms with Crippen LogP contribution in [0.2, 0.25) is 0 Å². The highest BCUT2D eigenvalue weighted by atomic mass is 16.6. The Hall–Kier alpha value is -1.95. The molecular formula is C12H17N3O3. The lowest BCUT2D eigenvalue weighted by atomic mass is 10.2. The van der Waals surface area contributed by atoms with Crippen molar-refractivity contribution in [3.8, 4) is 0 Å². The molecule has 0 radical (unpaired) electrons. The van der Waals surface area contributed by atoms with E-state index in [1.165, 1.54) is 24.3 Å². The largest absolute Gasteiger partial charge is 0.326 e. The predicted molar refractivity (Wildman–Crippen MR) is 69.5 cm³/mol. The molecule has 0 saturated heterocycles. The second-order valence-electron chi connectivity index (χ2n) is 4.26. The van der Waals surface area contributed by atoms with Gasteiger partial charge in [0.25, 0.3) is 5.69 Å². The minimum Gasteiger partial charge on any atom is -0.326 e. The molecule has 98 valence electrons. The number of rotatable bonds is 6. The molecule has 0 heterocycles. The minimum atomic E-state index is -0.470. The normalized spacial score (nSPS) is 10.4. The van der Waals surface area contributed by atoms with Crippen molar-refractivity contribution < 1.29 is 9.72 Å². The number of nitro benzene ring substituents is 1. The van der Waals surface area contributed by atoms with Crippen LogP contribution in [0.5, 0.6) is 0 Å². The Kier molecular flexibility index (Phi) is 5.26. The van der Waals surface area contributed by atoms with Crippen molar-refractivity contribution in [2.75, 3.05) is 26.0 Å². The Morgan fingerprint density at radius 2 is 1.94 bits per heavy atom. The summed E-state index contributed by atoms with van der Waals surface area (Å²) in [6.45, 7) is 0.855. The Bertz CT molecular complexity index is 415. The molecule has 1 aromatic rings. The summed E-state index contributed by atoms with van der Waals surface area (Å²) in [5.41, 5.74) is 0.594. The highest BCUT2D eigenvalue weighted by Gasteiger charge is 2.06. The highest BCUT2D eigenvalue weighted by molar-refractivity contribution is 5.90. The molecule has 1 amide bonds. The maximum absolute atomic E-state index is 11.5. The van der Waals surface area contributed by atoms with Crippen molar-refractivity contribution in [1.29, 1.82) is 0 Å². The molecule has 0 aliphatic heterocycles. The molecule has 0 atom stereocenters. The van der Waals surface area contributed by atoms with E-state index in [1.54, 1.807) is 0 Å². The molecular weight excluding hydrogens is 234 g/mol. The van der Waals surface area contributed by atoms with Crippen molar-refractivity contribution in [3.63, 3.8) is 0 Å². The molecule has 1 rings (SSSR count). The van der Waals surface area contributed by atoms with Gasteiger partial charge in [-0.15, -0.1) is 0 Å². The van der Waals surface area contributed by atoms with E-state index in [2.05, 4.69) is 5.32 Å². The van der Waals surface area contributed by atoms with Gasteiger partial charge in [-0.1, -0.05) is 0 Å². The minimum absolute atomic E-state index is 0.0145. The van der Waals surface area contributed by atoms with Crippen LogP contribution in [0.3, 0.4) is 0 Å². The van der Waals surface area contributed by atoms with E-state index in [1.807, 2.05) is 19.0 Å². The van der Waals surface area contributed by atoms with Gasteiger partial charge in [-0.3, -0.25) is 14.9 Å². The van der Waals surface area contributed by atoms with E-state index in [9.17, 15) is 14.9 Å². The van der Waals surface area contributed by atoms with Gasteiger partial charge in [0.15, 0.2) is 0 Å². The number of anilines is 1. The summed E-state index contributed by atoms with van der Waals surface area (Å²) in [6.07, 6.45) is 1.22. The van der Waals surface area contributed by atoms with E-state index in [-0.39, 0.29) is 11.6 Å². The summed E-state index contributed by atoms with van der Waals surface area (Å²) >= 11 is 0. The SMILES string of the molecule is CN(C)CCCC(=O)Nc1ccc([N+](=O)[O-])cc1. The summed E-state index contributed by atoms with van der Waals surface area (Å²) in [7, 11) is 3.91. The van der Waals surface area contributed by atoms with Gasteiger partial charge < -0.3 is 10.2 Å². The van der Waals surface area contributed by atoms with Crippen LogP contribution in [0, 0.1) is 10.1 Å². The monoisotopic (exact) mass is 251 g/mol. The molecule has 0 unspecified atom stereocenters. The number of amides is 1. The van der Waals surface area contributed by atoms with Crippen LogP contribution >= 0.6 is 0 Å². The summed E-state index contributed by atoms with van der Waals surface area (Å²) in [5, 5.41) is 13.2. The van der Waals surface area contributed by atoms with Crippen molar-refractivity contribution in [2.24, 2.45) is 0 Å². The lowest BCUT2D eigenvalue weighted by Gasteiger charge is -2.09. The Morgan fingerprint density at radius 3 is 2.44 bits per heavy atom. The van der Waals surface area contributed by atoms with Gasteiger partial charge in [-0.2, -0.15) is 0 Å². The first-order valence-corrected chi connectivity index (χ1v) is 5.68. The van der Waals surface area contributed by atoms with E-state index >= 15 is 0 Å². The van der Waals surface area contributed by atoms with Crippen molar-refractivity contribution in [2.45, 2.75) is 12.8 Å². The first-order valence-electron chi connectivity index (χ1n) is 5.68. The van der Waals surface area contributed by atoms with E-state index in [0.29, 0.717) is 12.1 Å². The number of nitro groups is 1. The van der Waals surface area contributed by atoms with E-state index < -0.39 is 4.92 Å². The standard InChI is InChI=1S/C12H17N3O3/c1-14(2)9-3-4-12(16)13-10-5-7-11(8-6-10)15(17)18/h5-8H,3-4,9H2,1-2H3,(H,13,16). The Labute approximate surface area is 106 Å². The lowest BCUT2D eigenvalue weighted by molar-refractivity contribution is -0.384. The fourth-order valence-electron chi connectivity index (χ4n) is 1.45. The zero-order chi connectivity index (χ0) is 13.5. The van der Waals surface area contributed by atoms with E-state index in [4.69, 9.17) is 0 Å². The first-order chi connectivity index (χ1) is 8.49. The van der Waals surface area contributed by atoms with Crippen LogP contribution in [0.1, 0.15) is 12.8 Å². The van der Waals surface area contributed by atoms with Crippen LogP contribution in [0.25, 0.3) is 0 Å². The van der Waals surface area contributed by atoms with Crippen molar-refractivity contribution in [1.82, 2.24) is 4.90 Å². The predicted octanol–water partition coefficient (Wildman–Crippen LogP) is 1.88. The number of hydrogen-bond donors (Lipinski definition) is 1. The van der Waals surface area contributed by atoms with Crippen LogP contribution in [0.4, 0.5) is 11.4 Å². The lowest BCUT2D eigenvalue weighted by Crippen LogP contribution is -2.17. The molecule has 0 aliphatic carbocycles. The zero-order valence-electron chi connectivity index (χ0n) is 10.5. The number of carbonyl (C=O) groups is 1. The summed E-state index contributed by atoms with van der Waals surface area (Å²) < 4.78 is 0. The number of nitrogens with zero attached hydrogens (tertiary/aromatic N) is 2. The molecule has 1 N–H and O–H groups in total. The number of benzene rings is 1. The molecule has 0 bridgehead atoms. The average molecular weight is 251 g/mol. The van der Waals surface area contributed by atoms with Crippen molar-refractivity contribution in [3.05, 3.63) is 34.4 Å². The maximum atomic E-state index is 11.5. The third-order valence-corrected chi connectivity index (χ3v) is 2.37. The molecule has 6 heteroatoms. The molecule has 0 saturated carbocycles. The molecule has 0 aliphatic rings. The fraction of sp³-hybridized carbons (Fsp3) is 0.417. The van der Waals surface area contributed by atoms with Crippen molar-refractivity contribution >= 4 is 17.3 Å². The van der Waals surface area contributed by atoms with E-state index in [0.717, 1.165) is 13.0 Å². The second kappa shape index (κ2) is 6.70. The second-order valence-corrected chi connectivity index (χ2v) is 4.26. The number of carbonyl (C=O) groups excluding carboxylic acids is 1. The zero-order valence-corrected chi connectivity index (χ0v) is 10.5. The molecule has 0 aromatic heterocycles. The van der Waals surface area contributed by atoms with Gasteiger partial charge in [0.2, 0.25) is 5.91 Å². The molecule has 18 heavy (non-hydrogen) atoms. The molecule has 1 aromatic carbocycles. The van der Waals surface area contributed by atoms with Gasteiger partial charge in [0, 0.05) is 24.2 Å². The summed E-state index contributed by atoms with van der Waals surface area (Å²) in [4.78, 5) is 23.5. The van der Waals surface area contributed by atoms with Gasteiger partial charge in [0.1, 0.15) is 0 Å². The number of hydrogen-bond acceptors (Lipinski definition) is 4. The number of nitrogens with one attached hydrogen (secondary N) is 1. The third kappa shape index (κ3) is 4.92. The summed E-state index contributed by atoms with van der Waals surface area (Å²) in [6, 6.07) is 5.80. The quantitative estimate of drug-likeness (QED) is 0.618. The van der Waals surface area contributed by atoms with Crippen LogP contribution in [0.15, 0.2) is 24.3 Å². The Morgan fingerprint density at radius 1 is 1.33 bits per heavy atom. The smallest absolute Gasteiger partial charge is 0.269 e.